The number of nitrogens with one attached hydrogen (secondary N) is 2. The Bertz CT molecular complexity index is 722. The number of guanidine groups is 1. The maximum atomic E-state index is 12.8. The Kier molecular flexibility index (Phi) is 7.06. The standard InChI is InChI=1S/C18H24F3N5/c1-3-22-17(23-8-5-9-26-13-14(2)11-25-26)24-12-15-6-4-7-16(10-15)18(19,20)21/h4,6-7,10-11,13H,3,5,8-9,12H2,1-2H3,(H2,22,23,24). The third kappa shape index (κ3) is 6.42. The number of benzene rings is 1. The van der Waals surface area contributed by atoms with E-state index in [-0.39, 0.29) is 6.54 Å². The molecule has 0 unspecified atom stereocenters. The molecule has 26 heavy (non-hydrogen) atoms. The Morgan fingerprint density at radius 2 is 2.08 bits per heavy atom. The molecule has 1 heterocycles. The van der Waals surface area contributed by atoms with Crippen LogP contribution in [0.5, 0.6) is 0 Å². The predicted octanol–water partition coefficient (Wildman–Crippen LogP) is 3.36. The van der Waals surface area contributed by atoms with Gasteiger partial charge in [0.2, 0.25) is 0 Å². The van der Waals surface area contributed by atoms with Gasteiger partial charge in [-0.15, -0.1) is 0 Å². The number of hydrogen-bond acceptors (Lipinski definition) is 2. The van der Waals surface area contributed by atoms with Crippen LogP contribution >= 0.6 is 0 Å². The van der Waals surface area contributed by atoms with Crippen molar-refractivity contribution in [1.29, 1.82) is 0 Å². The van der Waals surface area contributed by atoms with Crippen LogP contribution in [0.25, 0.3) is 0 Å². The molecule has 0 bridgehead atoms. The van der Waals surface area contributed by atoms with Crippen LogP contribution in [0.4, 0.5) is 13.2 Å². The first kappa shape index (κ1) is 19.8. The topological polar surface area (TPSA) is 54.2 Å². The van der Waals surface area contributed by atoms with Gasteiger partial charge in [0.15, 0.2) is 5.96 Å². The van der Waals surface area contributed by atoms with Crippen LogP contribution in [0, 0.1) is 6.92 Å². The molecule has 0 aliphatic carbocycles. The average molecular weight is 367 g/mol. The van der Waals surface area contributed by atoms with Gasteiger partial charge in [0, 0.05) is 25.8 Å². The third-order valence-corrected chi connectivity index (χ3v) is 3.64. The fraction of sp³-hybridized carbons (Fsp3) is 0.444. The summed E-state index contributed by atoms with van der Waals surface area (Å²) in [5, 5.41) is 10.5. The SMILES string of the molecule is CCNC(=NCc1cccc(C(F)(F)F)c1)NCCCn1cc(C)cn1. The van der Waals surface area contributed by atoms with Crippen LogP contribution in [0.15, 0.2) is 41.7 Å². The van der Waals surface area contributed by atoms with Crippen molar-refractivity contribution in [2.24, 2.45) is 4.99 Å². The van der Waals surface area contributed by atoms with Crippen molar-refractivity contribution in [3.63, 3.8) is 0 Å². The van der Waals surface area contributed by atoms with Crippen molar-refractivity contribution < 1.29 is 13.2 Å². The molecule has 0 radical (unpaired) electrons. The summed E-state index contributed by atoms with van der Waals surface area (Å²) >= 11 is 0. The van der Waals surface area contributed by atoms with E-state index < -0.39 is 11.7 Å². The maximum Gasteiger partial charge on any atom is 0.416 e. The lowest BCUT2D eigenvalue weighted by Crippen LogP contribution is -2.38. The third-order valence-electron chi connectivity index (χ3n) is 3.64. The number of hydrogen-bond donors (Lipinski definition) is 2. The normalized spacial score (nSPS) is 12.3. The number of nitrogens with zero attached hydrogens (tertiary/aromatic N) is 3. The van der Waals surface area contributed by atoms with Crippen molar-refractivity contribution in [1.82, 2.24) is 20.4 Å². The summed E-state index contributed by atoms with van der Waals surface area (Å²) in [5.74, 6) is 0.585. The first-order valence-electron chi connectivity index (χ1n) is 8.56. The predicted molar refractivity (Wildman–Crippen MR) is 95.8 cm³/mol. The maximum absolute atomic E-state index is 12.8. The molecular formula is C18H24F3N5. The number of halogens is 3. The lowest BCUT2D eigenvalue weighted by atomic mass is 10.1. The van der Waals surface area contributed by atoms with Crippen molar-refractivity contribution in [2.45, 2.75) is 39.5 Å². The molecule has 0 amide bonds. The Morgan fingerprint density at radius 3 is 2.73 bits per heavy atom. The van der Waals surface area contributed by atoms with Gasteiger partial charge in [-0.2, -0.15) is 18.3 Å². The van der Waals surface area contributed by atoms with Gasteiger partial charge in [-0.05, 0) is 43.5 Å². The molecule has 0 saturated heterocycles. The van der Waals surface area contributed by atoms with Gasteiger partial charge < -0.3 is 10.6 Å². The molecule has 1 aromatic carbocycles. The molecule has 2 aromatic rings. The highest BCUT2D eigenvalue weighted by molar-refractivity contribution is 5.79. The molecule has 1 aromatic heterocycles. The van der Waals surface area contributed by atoms with Gasteiger partial charge in [0.05, 0.1) is 18.3 Å². The van der Waals surface area contributed by atoms with Crippen molar-refractivity contribution in [3.8, 4) is 0 Å². The molecule has 2 N–H and O–H groups in total. The van der Waals surface area contributed by atoms with E-state index in [1.165, 1.54) is 6.07 Å². The van der Waals surface area contributed by atoms with E-state index in [1.807, 2.05) is 30.9 Å². The zero-order valence-electron chi connectivity index (χ0n) is 15.0. The largest absolute Gasteiger partial charge is 0.416 e. The quantitative estimate of drug-likeness (QED) is 0.448. The first-order valence-corrected chi connectivity index (χ1v) is 8.56. The summed E-state index contributed by atoms with van der Waals surface area (Å²) in [5.41, 5.74) is 0.982. The second-order valence-corrected chi connectivity index (χ2v) is 5.95. The van der Waals surface area contributed by atoms with E-state index in [9.17, 15) is 13.2 Å². The zero-order chi connectivity index (χ0) is 19.0. The van der Waals surface area contributed by atoms with E-state index in [1.54, 1.807) is 6.07 Å². The van der Waals surface area contributed by atoms with Crippen molar-refractivity contribution in [2.75, 3.05) is 13.1 Å². The molecule has 0 atom stereocenters. The molecule has 0 fully saturated rings. The van der Waals surface area contributed by atoms with E-state index in [4.69, 9.17) is 0 Å². The smallest absolute Gasteiger partial charge is 0.357 e. The highest BCUT2D eigenvalue weighted by atomic mass is 19.4. The van der Waals surface area contributed by atoms with Crippen LogP contribution in [-0.2, 0) is 19.3 Å². The highest BCUT2D eigenvalue weighted by Crippen LogP contribution is 2.29. The molecule has 142 valence electrons. The van der Waals surface area contributed by atoms with Gasteiger partial charge >= 0.3 is 6.18 Å². The number of aliphatic imine (C=N–C) groups is 1. The Balaban J connectivity index is 1.87. The van der Waals surface area contributed by atoms with Gasteiger partial charge in [-0.1, -0.05) is 12.1 Å². The lowest BCUT2D eigenvalue weighted by Gasteiger charge is -2.12. The average Bonchev–Trinajstić information content (AvgIpc) is 3.01. The van der Waals surface area contributed by atoms with Gasteiger partial charge in [0.25, 0.3) is 0 Å². The fourth-order valence-corrected chi connectivity index (χ4v) is 2.40. The zero-order valence-corrected chi connectivity index (χ0v) is 15.0. The summed E-state index contributed by atoms with van der Waals surface area (Å²) in [4.78, 5) is 4.36. The molecule has 0 saturated carbocycles. The van der Waals surface area contributed by atoms with Crippen LogP contribution in [0.1, 0.15) is 30.0 Å². The van der Waals surface area contributed by atoms with E-state index in [2.05, 4.69) is 20.7 Å². The first-order chi connectivity index (χ1) is 12.4. The van der Waals surface area contributed by atoms with Gasteiger partial charge in [-0.25, -0.2) is 4.99 Å². The van der Waals surface area contributed by atoms with Crippen LogP contribution < -0.4 is 10.6 Å². The number of rotatable bonds is 7. The van der Waals surface area contributed by atoms with Gasteiger partial charge in [-0.3, -0.25) is 4.68 Å². The second-order valence-electron chi connectivity index (χ2n) is 5.95. The Hall–Kier alpha value is -2.51. The molecule has 0 spiro atoms. The Labute approximate surface area is 151 Å². The van der Waals surface area contributed by atoms with Crippen LogP contribution in [0.3, 0.4) is 0 Å². The van der Waals surface area contributed by atoms with Gasteiger partial charge in [0.1, 0.15) is 0 Å². The van der Waals surface area contributed by atoms with Crippen molar-refractivity contribution in [3.05, 3.63) is 53.3 Å². The molecule has 5 nitrogen and oxygen atoms in total. The number of aryl methyl sites for hydroxylation is 2. The minimum Gasteiger partial charge on any atom is -0.357 e. The van der Waals surface area contributed by atoms with Crippen LogP contribution in [-0.4, -0.2) is 28.8 Å². The summed E-state index contributed by atoms with van der Waals surface area (Å²) < 4.78 is 40.2. The summed E-state index contributed by atoms with van der Waals surface area (Å²) in [6.07, 6.45) is 0.309. The minimum absolute atomic E-state index is 0.178. The van der Waals surface area contributed by atoms with E-state index >= 15 is 0 Å². The fourth-order valence-electron chi connectivity index (χ4n) is 2.40. The molecular weight excluding hydrogens is 343 g/mol. The molecule has 8 heteroatoms. The number of alkyl halides is 3. The Morgan fingerprint density at radius 1 is 1.27 bits per heavy atom. The molecule has 0 aliphatic heterocycles. The van der Waals surface area contributed by atoms with E-state index in [0.717, 1.165) is 30.7 Å². The summed E-state index contributed by atoms with van der Waals surface area (Å²) in [6.45, 7) is 6.25. The minimum atomic E-state index is -4.34. The highest BCUT2D eigenvalue weighted by Gasteiger charge is 2.30. The molecule has 2 rings (SSSR count). The summed E-state index contributed by atoms with van der Waals surface area (Å²) in [7, 11) is 0. The second kappa shape index (κ2) is 9.26. The lowest BCUT2D eigenvalue weighted by molar-refractivity contribution is -0.137. The summed E-state index contributed by atoms with van der Waals surface area (Å²) in [6, 6.07) is 5.24. The van der Waals surface area contributed by atoms with E-state index in [0.29, 0.717) is 24.6 Å². The van der Waals surface area contributed by atoms with Crippen molar-refractivity contribution >= 4 is 5.96 Å². The van der Waals surface area contributed by atoms with Crippen LogP contribution in [0.2, 0.25) is 0 Å². The number of aromatic nitrogens is 2. The monoisotopic (exact) mass is 367 g/mol. The molecule has 0 aliphatic rings.